The molecule has 0 aliphatic heterocycles. The first-order chi connectivity index (χ1) is 20.1. The largest absolute Gasteiger partial charge is 0.495 e. The molecule has 41 heavy (non-hydrogen) atoms. The quantitative estimate of drug-likeness (QED) is 0.174. The SMILES string of the molecule is COc1ccccc1NC(=O)COC(=O)C/C(=C/c1ccc(OCc2ccccc2)cc1)c1nc2ccccc2s1. The highest BCUT2D eigenvalue weighted by molar-refractivity contribution is 7.19. The Bertz CT molecular complexity index is 1630. The predicted molar refractivity (Wildman–Crippen MR) is 162 cm³/mol. The van der Waals surface area contributed by atoms with Gasteiger partial charge in [-0.05, 0) is 59.2 Å². The predicted octanol–water partition coefficient (Wildman–Crippen LogP) is 7.00. The highest BCUT2D eigenvalue weighted by Crippen LogP contribution is 2.31. The smallest absolute Gasteiger partial charge is 0.310 e. The number of carbonyl (C=O) groups excluding carboxylic acids is 2. The van der Waals surface area contributed by atoms with Crippen molar-refractivity contribution in [1.82, 2.24) is 4.98 Å². The van der Waals surface area contributed by atoms with E-state index in [9.17, 15) is 9.59 Å². The molecule has 0 aliphatic rings. The Labute approximate surface area is 242 Å². The fraction of sp³-hybridized carbons (Fsp3) is 0.121. The zero-order chi connectivity index (χ0) is 28.4. The van der Waals surface area contributed by atoms with Crippen LogP contribution in [0.1, 0.15) is 22.6 Å². The van der Waals surface area contributed by atoms with Gasteiger partial charge in [0.15, 0.2) is 6.61 Å². The summed E-state index contributed by atoms with van der Waals surface area (Å²) in [6.45, 7) is 0.0565. The number of aromatic nitrogens is 1. The van der Waals surface area contributed by atoms with E-state index in [1.54, 1.807) is 24.3 Å². The molecule has 0 saturated heterocycles. The average molecular weight is 565 g/mol. The Morgan fingerprint density at radius 3 is 2.39 bits per heavy atom. The van der Waals surface area contributed by atoms with Gasteiger partial charge in [0, 0.05) is 0 Å². The molecule has 0 fully saturated rings. The Balaban J connectivity index is 1.28. The normalized spacial score (nSPS) is 11.2. The second kappa shape index (κ2) is 13.4. The fourth-order valence-electron chi connectivity index (χ4n) is 4.09. The van der Waals surface area contributed by atoms with Crippen LogP contribution in [0.15, 0.2) is 103 Å². The molecular formula is C33H28N2O5S. The number of nitrogens with zero attached hydrogens (tertiary/aromatic N) is 1. The van der Waals surface area contributed by atoms with Gasteiger partial charge in [-0.1, -0.05) is 66.7 Å². The summed E-state index contributed by atoms with van der Waals surface area (Å²) in [7, 11) is 1.52. The summed E-state index contributed by atoms with van der Waals surface area (Å²) in [4.78, 5) is 30.1. The Morgan fingerprint density at radius 1 is 0.878 bits per heavy atom. The molecule has 0 aliphatic carbocycles. The minimum absolute atomic E-state index is 0.0476. The number of hydrogen-bond donors (Lipinski definition) is 1. The summed E-state index contributed by atoms with van der Waals surface area (Å²) in [6, 6.07) is 32.5. The number of anilines is 1. The van der Waals surface area contributed by atoms with Gasteiger partial charge in [0.2, 0.25) is 0 Å². The van der Waals surface area contributed by atoms with Crippen molar-refractivity contribution in [2.45, 2.75) is 13.0 Å². The molecular weight excluding hydrogens is 536 g/mol. The number of esters is 1. The first-order valence-electron chi connectivity index (χ1n) is 13.0. The third-order valence-corrected chi connectivity index (χ3v) is 7.23. The van der Waals surface area contributed by atoms with E-state index in [-0.39, 0.29) is 6.42 Å². The number of thiazole rings is 1. The number of para-hydroxylation sites is 3. The lowest BCUT2D eigenvalue weighted by Crippen LogP contribution is -2.21. The number of nitrogens with one attached hydrogen (secondary N) is 1. The molecule has 0 radical (unpaired) electrons. The lowest BCUT2D eigenvalue weighted by Gasteiger charge is -2.10. The van der Waals surface area contributed by atoms with Crippen LogP contribution in [-0.4, -0.2) is 30.6 Å². The van der Waals surface area contributed by atoms with Crippen molar-refractivity contribution in [2.24, 2.45) is 0 Å². The van der Waals surface area contributed by atoms with E-state index in [2.05, 4.69) is 5.32 Å². The highest BCUT2D eigenvalue weighted by Gasteiger charge is 2.16. The maximum absolute atomic E-state index is 12.9. The molecule has 1 heterocycles. The summed E-state index contributed by atoms with van der Waals surface area (Å²) in [5.41, 5.74) is 4.02. The zero-order valence-electron chi connectivity index (χ0n) is 22.4. The summed E-state index contributed by atoms with van der Waals surface area (Å²) in [5, 5.41) is 3.42. The van der Waals surface area contributed by atoms with Crippen LogP contribution in [0.5, 0.6) is 11.5 Å². The van der Waals surface area contributed by atoms with Gasteiger partial charge in [0.25, 0.3) is 5.91 Å². The number of hydrogen-bond acceptors (Lipinski definition) is 7. The van der Waals surface area contributed by atoms with Crippen molar-refractivity contribution in [2.75, 3.05) is 19.0 Å². The number of amides is 1. The molecule has 0 saturated carbocycles. The van der Waals surface area contributed by atoms with Crippen molar-refractivity contribution >= 4 is 50.8 Å². The van der Waals surface area contributed by atoms with Crippen LogP contribution >= 0.6 is 11.3 Å². The molecule has 0 unspecified atom stereocenters. The van der Waals surface area contributed by atoms with E-state index in [0.29, 0.717) is 28.6 Å². The van der Waals surface area contributed by atoms with Crippen LogP contribution in [0.3, 0.4) is 0 Å². The first kappa shape index (κ1) is 27.6. The lowest BCUT2D eigenvalue weighted by atomic mass is 10.1. The van der Waals surface area contributed by atoms with Crippen LogP contribution in [-0.2, 0) is 20.9 Å². The van der Waals surface area contributed by atoms with Crippen LogP contribution in [0.2, 0.25) is 0 Å². The molecule has 206 valence electrons. The molecule has 1 aromatic heterocycles. The van der Waals surface area contributed by atoms with Crippen LogP contribution in [0.25, 0.3) is 21.9 Å². The topological polar surface area (TPSA) is 86.8 Å². The minimum atomic E-state index is -0.534. The summed E-state index contributed by atoms with van der Waals surface area (Å²) in [6.07, 6.45) is 1.86. The van der Waals surface area contributed by atoms with E-state index in [1.165, 1.54) is 18.4 Å². The van der Waals surface area contributed by atoms with Crippen molar-refractivity contribution in [3.63, 3.8) is 0 Å². The van der Waals surface area contributed by atoms with Gasteiger partial charge in [0.05, 0.1) is 29.4 Å². The van der Waals surface area contributed by atoms with E-state index in [4.69, 9.17) is 19.2 Å². The van der Waals surface area contributed by atoms with Crippen molar-refractivity contribution in [3.05, 3.63) is 119 Å². The Morgan fingerprint density at radius 2 is 1.61 bits per heavy atom. The average Bonchev–Trinajstić information content (AvgIpc) is 3.45. The van der Waals surface area contributed by atoms with E-state index < -0.39 is 18.5 Å². The molecule has 7 nitrogen and oxygen atoms in total. The number of methoxy groups -OCH3 is 1. The number of fused-ring (bicyclic) bond motifs is 1. The first-order valence-corrected chi connectivity index (χ1v) is 13.8. The summed E-state index contributed by atoms with van der Waals surface area (Å²) in [5.74, 6) is 0.269. The molecule has 1 N–H and O–H groups in total. The Kier molecular flexibility index (Phi) is 9.03. The second-order valence-corrected chi connectivity index (χ2v) is 10.1. The maximum Gasteiger partial charge on any atom is 0.310 e. The molecule has 5 rings (SSSR count). The third kappa shape index (κ3) is 7.58. The third-order valence-electron chi connectivity index (χ3n) is 6.12. The van der Waals surface area contributed by atoms with Crippen LogP contribution in [0, 0.1) is 0 Å². The van der Waals surface area contributed by atoms with Gasteiger partial charge in [-0.2, -0.15) is 0 Å². The molecule has 8 heteroatoms. The fourth-order valence-corrected chi connectivity index (χ4v) is 5.07. The number of benzene rings is 4. The minimum Gasteiger partial charge on any atom is -0.495 e. The van der Waals surface area contributed by atoms with Gasteiger partial charge in [-0.3, -0.25) is 9.59 Å². The zero-order valence-corrected chi connectivity index (χ0v) is 23.2. The molecule has 0 bridgehead atoms. The highest BCUT2D eigenvalue weighted by atomic mass is 32.1. The summed E-state index contributed by atoms with van der Waals surface area (Å²) < 4.78 is 17.5. The molecule has 0 spiro atoms. The number of ether oxygens (including phenoxy) is 3. The van der Waals surface area contributed by atoms with Crippen molar-refractivity contribution in [3.8, 4) is 11.5 Å². The van der Waals surface area contributed by atoms with E-state index >= 15 is 0 Å². The van der Waals surface area contributed by atoms with Gasteiger partial charge >= 0.3 is 5.97 Å². The summed E-state index contributed by atoms with van der Waals surface area (Å²) >= 11 is 1.50. The standard InChI is InChI=1S/C33H28N2O5S/c1-38-29-13-7-5-11-27(29)34-31(36)22-40-32(37)20-25(33-35-28-12-6-8-14-30(28)41-33)19-23-15-17-26(18-16-23)39-21-24-9-3-2-4-10-24/h2-19H,20-22H2,1H3,(H,34,36)/b25-19-. The number of rotatable bonds is 11. The van der Waals surface area contributed by atoms with Gasteiger partial charge < -0.3 is 19.5 Å². The molecule has 4 aromatic carbocycles. The van der Waals surface area contributed by atoms with Gasteiger partial charge in [-0.15, -0.1) is 11.3 Å². The lowest BCUT2D eigenvalue weighted by molar-refractivity contribution is -0.146. The molecule has 5 aromatic rings. The van der Waals surface area contributed by atoms with E-state index in [0.717, 1.165) is 27.1 Å². The second-order valence-electron chi connectivity index (χ2n) is 9.09. The van der Waals surface area contributed by atoms with Crippen molar-refractivity contribution < 1.29 is 23.8 Å². The van der Waals surface area contributed by atoms with Gasteiger partial charge in [-0.25, -0.2) is 4.98 Å². The van der Waals surface area contributed by atoms with Crippen LogP contribution < -0.4 is 14.8 Å². The van der Waals surface area contributed by atoms with Crippen molar-refractivity contribution in [1.29, 1.82) is 0 Å². The molecule has 0 atom stereocenters. The van der Waals surface area contributed by atoms with Crippen LogP contribution in [0.4, 0.5) is 5.69 Å². The van der Waals surface area contributed by atoms with E-state index in [1.807, 2.05) is 84.9 Å². The molecule has 1 amide bonds. The number of carbonyl (C=O) groups is 2. The monoisotopic (exact) mass is 564 g/mol. The van der Waals surface area contributed by atoms with Gasteiger partial charge in [0.1, 0.15) is 23.1 Å². The maximum atomic E-state index is 12.9. The Hall–Kier alpha value is -4.95.